The molecule has 0 bridgehead atoms. The number of ether oxygens (including phenoxy) is 1. The number of nitrogens with zero attached hydrogens (tertiary/aromatic N) is 1. The Morgan fingerprint density at radius 2 is 2.00 bits per heavy atom. The first-order valence-electron chi connectivity index (χ1n) is 8.97. The summed E-state index contributed by atoms with van der Waals surface area (Å²) in [7, 11) is 0. The minimum atomic E-state index is 0.0603. The van der Waals surface area contributed by atoms with Crippen LogP contribution in [0.15, 0.2) is 0 Å². The largest absolute Gasteiger partial charge is 0.378 e. The van der Waals surface area contributed by atoms with Crippen LogP contribution in [0.3, 0.4) is 0 Å². The lowest BCUT2D eigenvalue weighted by Crippen LogP contribution is -2.43. The van der Waals surface area contributed by atoms with E-state index in [1.54, 1.807) is 0 Å². The van der Waals surface area contributed by atoms with Gasteiger partial charge >= 0.3 is 0 Å². The number of rotatable bonds is 6. The van der Waals surface area contributed by atoms with Gasteiger partial charge in [-0.1, -0.05) is 26.2 Å². The maximum absolute atomic E-state index is 12.7. The van der Waals surface area contributed by atoms with Crippen LogP contribution in [-0.2, 0) is 9.53 Å². The number of carbonyl (C=O) groups excluding carboxylic acids is 1. The Labute approximate surface area is 128 Å². The Hall–Kier alpha value is -0.610. The quantitative estimate of drug-likeness (QED) is 0.819. The van der Waals surface area contributed by atoms with Crippen molar-refractivity contribution in [2.75, 3.05) is 13.2 Å². The van der Waals surface area contributed by atoms with Crippen molar-refractivity contribution < 1.29 is 9.53 Å². The fraction of sp³-hybridized carbons (Fsp3) is 0.941. The predicted molar refractivity (Wildman–Crippen MR) is 82.9 cm³/mol. The molecule has 1 amide bonds. The Balaban J connectivity index is 1.61. The van der Waals surface area contributed by atoms with Gasteiger partial charge in [0.2, 0.25) is 5.91 Å². The van der Waals surface area contributed by atoms with Gasteiger partial charge < -0.3 is 9.64 Å². The molecule has 2 saturated heterocycles. The molecule has 1 saturated carbocycles. The van der Waals surface area contributed by atoms with Gasteiger partial charge in [-0.05, 0) is 44.4 Å². The highest BCUT2D eigenvalue weighted by Gasteiger charge is 2.42. The van der Waals surface area contributed by atoms with Crippen molar-refractivity contribution in [3.63, 3.8) is 0 Å². The van der Waals surface area contributed by atoms with Crippen molar-refractivity contribution in [3.05, 3.63) is 0 Å². The highest BCUT2D eigenvalue weighted by molar-refractivity contribution is 5.84. The monoisotopic (exact) mass is 294 g/mol. The number of nitrogens with one attached hydrogen (secondary N) is 1. The molecule has 0 radical (unpaired) electrons. The minimum absolute atomic E-state index is 0.0603. The van der Waals surface area contributed by atoms with Gasteiger partial charge in [0, 0.05) is 13.2 Å². The lowest BCUT2D eigenvalue weighted by Gasteiger charge is -2.29. The highest BCUT2D eigenvalue weighted by atomic mass is 16.5. The summed E-state index contributed by atoms with van der Waals surface area (Å²) in [6.45, 7) is 3.94. The highest BCUT2D eigenvalue weighted by Crippen LogP contribution is 2.33. The molecule has 3 unspecified atom stereocenters. The Bertz CT molecular complexity index is 349. The van der Waals surface area contributed by atoms with E-state index in [4.69, 9.17) is 4.74 Å². The van der Waals surface area contributed by atoms with Crippen molar-refractivity contribution in [3.8, 4) is 0 Å². The van der Waals surface area contributed by atoms with Crippen LogP contribution in [0.1, 0.15) is 64.7 Å². The number of hydrogen-bond donors (Lipinski definition) is 1. The van der Waals surface area contributed by atoms with Gasteiger partial charge in [0.15, 0.2) is 0 Å². The van der Waals surface area contributed by atoms with Crippen molar-refractivity contribution in [2.45, 2.75) is 83.0 Å². The van der Waals surface area contributed by atoms with Crippen LogP contribution in [0.25, 0.3) is 0 Å². The standard InChI is InChI=1S/C17H30N2O2/c1-2-6-15-17(20)19(11-10-14-9-5-12-21-14)16(18-15)13-7-3-4-8-13/h13-16,18H,2-12H2,1H3. The van der Waals surface area contributed by atoms with E-state index < -0.39 is 0 Å². The van der Waals surface area contributed by atoms with Gasteiger partial charge in [-0.15, -0.1) is 0 Å². The Morgan fingerprint density at radius 1 is 1.19 bits per heavy atom. The third-order valence-electron chi connectivity index (χ3n) is 5.43. The molecule has 120 valence electrons. The van der Waals surface area contributed by atoms with Crippen molar-refractivity contribution in [1.29, 1.82) is 0 Å². The first-order valence-corrected chi connectivity index (χ1v) is 8.97. The average Bonchev–Trinajstić information content (AvgIpc) is 3.20. The summed E-state index contributed by atoms with van der Waals surface area (Å²) in [4.78, 5) is 14.8. The van der Waals surface area contributed by atoms with E-state index in [-0.39, 0.29) is 12.2 Å². The summed E-state index contributed by atoms with van der Waals surface area (Å²) in [5.74, 6) is 1.01. The van der Waals surface area contributed by atoms with E-state index in [9.17, 15) is 4.79 Å². The van der Waals surface area contributed by atoms with Crippen molar-refractivity contribution >= 4 is 5.91 Å². The third-order valence-corrected chi connectivity index (χ3v) is 5.43. The van der Waals surface area contributed by atoms with Crippen LogP contribution in [0.2, 0.25) is 0 Å². The molecular formula is C17H30N2O2. The summed E-state index contributed by atoms with van der Waals surface area (Å²) in [5.41, 5.74) is 0. The number of carbonyl (C=O) groups is 1. The van der Waals surface area contributed by atoms with Gasteiger partial charge in [-0.3, -0.25) is 10.1 Å². The molecule has 1 aliphatic carbocycles. The summed E-state index contributed by atoms with van der Waals surface area (Å²) < 4.78 is 5.72. The van der Waals surface area contributed by atoms with E-state index in [0.717, 1.165) is 32.4 Å². The normalized spacial score (nSPS) is 34.2. The second kappa shape index (κ2) is 7.10. The molecule has 1 N–H and O–H groups in total. The molecule has 2 aliphatic heterocycles. The molecule has 2 heterocycles. The van der Waals surface area contributed by atoms with E-state index in [1.165, 1.54) is 38.5 Å². The molecule has 21 heavy (non-hydrogen) atoms. The van der Waals surface area contributed by atoms with Crippen LogP contribution in [-0.4, -0.2) is 42.3 Å². The molecule has 0 aromatic rings. The van der Waals surface area contributed by atoms with Crippen LogP contribution >= 0.6 is 0 Å². The van der Waals surface area contributed by atoms with Gasteiger partial charge in [0.05, 0.1) is 18.3 Å². The molecule has 0 spiro atoms. The molecule has 0 aromatic carbocycles. The second-order valence-electron chi connectivity index (χ2n) is 6.95. The fourth-order valence-electron chi connectivity index (χ4n) is 4.27. The molecule has 0 aromatic heterocycles. The minimum Gasteiger partial charge on any atom is -0.378 e. The maximum Gasteiger partial charge on any atom is 0.241 e. The maximum atomic E-state index is 12.7. The lowest BCUT2D eigenvalue weighted by molar-refractivity contribution is -0.131. The second-order valence-corrected chi connectivity index (χ2v) is 6.95. The van der Waals surface area contributed by atoms with Crippen LogP contribution < -0.4 is 5.32 Å². The summed E-state index contributed by atoms with van der Waals surface area (Å²) in [6.07, 6.45) is 11.3. The van der Waals surface area contributed by atoms with Crippen LogP contribution in [0, 0.1) is 5.92 Å². The molecule has 3 fully saturated rings. The summed E-state index contributed by atoms with van der Waals surface area (Å²) in [6, 6.07) is 0.0603. The van der Waals surface area contributed by atoms with Crippen molar-refractivity contribution in [1.82, 2.24) is 10.2 Å². The molecule has 3 rings (SSSR count). The van der Waals surface area contributed by atoms with E-state index >= 15 is 0 Å². The van der Waals surface area contributed by atoms with Crippen molar-refractivity contribution in [2.24, 2.45) is 5.92 Å². The fourth-order valence-corrected chi connectivity index (χ4v) is 4.27. The zero-order valence-electron chi connectivity index (χ0n) is 13.4. The zero-order chi connectivity index (χ0) is 14.7. The van der Waals surface area contributed by atoms with Gasteiger partial charge in [-0.25, -0.2) is 0 Å². The predicted octanol–water partition coefficient (Wildman–Crippen LogP) is 2.67. The Kier molecular flexibility index (Phi) is 5.17. The smallest absolute Gasteiger partial charge is 0.241 e. The van der Waals surface area contributed by atoms with Gasteiger partial charge in [-0.2, -0.15) is 0 Å². The third kappa shape index (κ3) is 3.42. The average molecular weight is 294 g/mol. The van der Waals surface area contributed by atoms with E-state index in [1.807, 2.05) is 0 Å². The van der Waals surface area contributed by atoms with Gasteiger partial charge in [0.1, 0.15) is 0 Å². The molecule has 4 heteroatoms. The van der Waals surface area contributed by atoms with E-state index in [0.29, 0.717) is 17.9 Å². The summed E-state index contributed by atoms with van der Waals surface area (Å²) >= 11 is 0. The lowest BCUT2D eigenvalue weighted by atomic mass is 10.0. The topological polar surface area (TPSA) is 41.6 Å². The van der Waals surface area contributed by atoms with Gasteiger partial charge in [0.25, 0.3) is 0 Å². The van der Waals surface area contributed by atoms with Crippen LogP contribution in [0.5, 0.6) is 0 Å². The molecule has 3 aliphatic rings. The number of hydrogen-bond acceptors (Lipinski definition) is 3. The summed E-state index contributed by atoms with van der Waals surface area (Å²) in [5, 5.41) is 3.64. The molecular weight excluding hydrogens is 264 g/mol. The Morgan fingerprint density at radius 3 is 2.67 bits per heavy atom. The van der Waals surface area contributed by atoms with Crippen LogP contribution in [0.4, 0.5) is 0 Å². The molecule has 4 nitrogen and oxygen atoms in total. The zero-order valence-corrected chi connectivity index (χ0v) is 13.4. The first kappa shape index (κ1) is 15.3. The SMILES string of the molecule is CCCC1NC(C2CCCC2)N(CCC2CCCO2)C1=O. The number of amides is 1. The molecule has 3 atom stereocenters. The van der Waals surface area contributed by atoms with E-state index in [2.05, 4.69) is 17.1 Å². The first-order chi connectivity index (χ1) is 10.3.